The van der Waals surface area contributed by atoms with E-state index in [1.165, 1.54) is 0 Å². The Balaban J connectivity index is 2.10. The fourth-order valence-electron chi connectivity index (χ4n) is 1.79. The molecule has 0 amide bonds. The van der Waals surface area contributed by atoms with Crippen LogP contribution in [0.15, 0.2) is 0 Å². The number of hydrogen-bond acceptors (Lipinski definition) is 4. The van der Waals surface area contributed by atoms with Gasteiger partial charge in [0.2, 0.25) is 0 Å². The Bertz CT molecular complexity index is 220. The zero-order chi connectivity index (χ0) is 11.8. The second kappa shape index (κ2) is 7.61. The smallest absolute Gasteiger partial charge is 0.119 e. The van der Waals surface area contributed by atoms with Crippen molar-refractivity contribution in [2.45, 2.75) is 38.8 Å². The molecule has 0 radical (unpaired) electrons. The fraction of sp³-hybridized carbons (Fsp3) is 0.917. The van der Waals surface area contributed by atoms with Gasteiger partial charge in [-0.25, -0.2) is 0 Å². The van der Waals surface area contributed by atoms with Crippen molar-refractivity contribution in [3.63, 3.8) is 0 Å². The molecule has 1 unspecified atom stereocenters. The summed E-state index contributed by atoms with van der Waals surface area (Å²) in [5.41, 5.74) is 0. The summed E-state index contributed by atoms with van der Waals surface area (Å²) in [5.74, 6) is 0.604. The maximum Gasteiger partial charge on any atom is 0.119 e. The summed E-state index contributed by atoms with van der Waals surface area (Å²) in [4.78, 5) is 0. The van der Waals surface area contributed by atoms with E-state index in [9.17, 15) is 0 Å². The minimum Gasteiger partial charge on any atom is -0.381 e. The van der Waals surface area contributed by atoms with E-state index in [1.807, 2.05) is 13.8 Å². The van der Waals surface area contributed by atoms with Crippen molar-refractivity contribution < 1.29 is 9.47 Å². The van der Waals surface area contributed by atoms with E-state index in [-0.39, 0.29) is 6.04 Å². The summed E-state index contributed by atoms with van der Waals surface area (Å²) in [6, 6.07) is 2.33. The molecule has 92 valence electrons. The Morgan fingerprint density at radius 1 is 1.44 bits per heavy atom. The first-order valence-corrected chi connectivity index (χ1v) is 6.03. The lowest BCUT2D eigenvalue weighted by Gasteiger charge is -2.22. The van der Waals surface area contributed by atoms with Gasteiger partial charge in [-0.05, 0) is 32.6 Å². The number of nitriles is 1. The summed E-state index contributed by atoms with van der Waals surface area (Å²) in [7, 11) is 0. The van der Waals surface area contributed by atoms with Crippen LogP contribution >= 0.6 is 0 Å². The molecule has 1 fully saturated rings. The molecule has 4 nitrogen and oxygen atoms in total. The highest BCUT2D eigenvalue weighted by Gasteiger charge is 2.15. The standard InChI is InChI=1S/C12H22N2O2/c1-10(2)14-12(7-13)9-16-8-11-3-5-15-6-4-11/h10-12,14H,3-6,8-9H2,1-2H3. The lowest BCUT2D eigenvalue weighted by molar-refractivity contribution is 0.0179. The van der Waals surface area contributed by atoms with Crippen molar-refractivity contribution in [1.29, 1.82) is 5.26 Å². The second-order valence-corrected chi connectivity index (χ2v) is 4.60. The molecule has 1 aliphatic rings. The van der Waals surface area contributed by atoms with Gasteiger partial charge in [-0.2, -0.15) is 5.26 Å². The maximum atomic E-state index is 8.90. The van der Waals surface area contributed by atoms with Crippen LogP contribution in [0.3, 0.4) is 0 Å². The van der Waals surface area contributed by atoms with E-state index in [0.29, 0.717) is 18.6 Å². The van der Waals surface area contributed by atoms with Crippen molar-refractivity contribution >= 4 is 0 Å². The van der Waals surface area contributed by atoms with Gasteiger partial charge in [-0.3, -0.25) is 5.32 Å². The second-order valence-electron chi connectivity index (χ2n) is 4.60. The molecule has 0 aromatic heterocycles. The molecule has 0 aromatic carbocycles. The van der Waals surface area contributed by atoms with E-state index < -0.39 is 0 Å². The first kappa shape index (κ1) is 13.4. The molecule has 4 heteroatoms. The van der Waals surface area contributed by atoms with Gasteiger partial charge in [0.1, 0.15) is 6.04 Å². The summed E-state index contributed by atoms with van der Waals surface area (Å²) < 4.78 is 10.9. The third kappa shape index (κ3) is 5.45. The zero-order valence-corrected chi connectivity index (χ0v) is 10.2. The van der Waals surface area contributed by atoms with Crippen LogP contribution in [0.25, 0.3) is 0 Å². The predicted molar refractivity (Wildman–Crippen MR) is 62.0 cm³/mol. The fourth-order valence-corrected chi connectivity index (χ4v) is 1.79. The topological polar surface area (TPSA) is 54.3 Å². The third-order valence-electron chi connectivity index (χ3n) is 2.67. The van der Waals surface area contributed by atoms with Gasteiger partial charge in [-0.1, -0.05) is 0 Å². The Kier molecular flexibility index (Phi) is 6.39. The van der Waals surface area contributed by atoms with Crippen LogP contribution < -0.4 is 5.32 Å². The quantitative estimate of drug-likeness (QED) is 0.742. The summed E-state index contributed by atoms with van der Waals surface area (Å²) in [6.45, 7) is 6.98. The molecule has 16 heavy (non-hydrogen) atoms. The summed E-state index contributed by atoms with van der Waals surface area (Å²) >= 11 is 0. The highest BCUT2D eigenvalue weighted by molar-refractivity contribution is 4.90. The number of ether oxygens (including phenoxy) is 2. The predicted octanol–water partition coefficient (Wildman–Crippen LogP) is 1.32. The van der Waals surface area contributed by atoms with Crippen LogP contribution in [-0.4, -0.2) is 38.5 Å². The number of rotatable bonds is 6. The first-order chi connectivity index (χ1) is 7.72. The van der Waals surface area contributed by atoms with E-state index in [1.54, 1.807) is 0 Å². The average molecular weight is 226 g/mol. The van der Waals surface area contributed by atoms with Gasteiger partial charge in [0.25, 0.3) is 0 Å². The molecular formula is C12H22N2O2. The molecule has 0 saturated carbocycles. The zero-order valence-electron chi connectivity index (χ0n) is 10.2. The molecule has 1 aliphatic heterocycles. The van der Waals surface area contributed by atoms with Crippen molar-refractivity contribution in [2.24, 2.45) is 5.92 Å². The van der Waals surface area contributed by atoms with Gasteiger partial charge >= 0.3 is 0 Å². The Morgan fingerprint density at radius 2 is 2.12 bits per heavy atom. The normalized spacial score (nSPS) is 19.6. The Labute approximate surface area is 97.9 Å². The number of hydrogen-bond donors (Lipinski definition) is 1. The van der Waals surface area contributed by atoms with E-state index in [4.69, 9.17) is 14.7 Å². The average Bonchev–Trinajstić information content (AvgIpc) is 2.28. The van der Waals surface area contributed by atoms with Crippen LogP contribution in [0.4, 0.5) is 0 Å². The molecule has 1 saturated heterocycles. The Hall–Kier alpha value is -0.630. The van der Waals surface area contributed by atoms with E-state index in [2.05, 4.69) is 11.4 Å². The molecular weight excluding hydrogens is 204 g/mol. The lowest BCUT2D eigenvalue weighted by atomic mass is 10.0. The summed E-state index contributed by atoms with van der Waals surface area (Å²) in [5, 5.41) is 12.1. The van der Waals surface area contributed by atoms with Crippen molar-refractivity contribution in [1.82, 2.24) is 5.32 Å². The Morgan fingerprint density at radius 3 is 2.69 bits per heavy atom. The van der Waals surface area contributed by atoms with Crippen LogP contribution in [-0.2, 0) is 9.47 Å². The molecule has 1 rings (SSSR count). The highest BCUT2D eigenvalue weighted by atomic mass is 16.5. The number of nitrogens with one attached hydrogen (secondary N) is 1. The minimum atomic E-state index is -0.195. The van der Waals surface area contributed by atoms with Crippen molar-refractivity contribution in [3.05, 3.63) is 0 Å². The summed E-state index contributed by atoms with van der Waals surface area (Å²) in [6.07, 6.45) is 2.16. The molecule has 0 spiro atoms. The third-order valence-corrected chi connectivity index (χ3v) is 2.67. The van der Waals surface area contributed by atoms with Gasteiger partial charge < -0.3 is 9.47 Å². The van der Waals surface area contributed by atoms with Crippen LogP contribution in [0, 0.1) is 17.2 Å². The molecule has 0 aromatic rings. The van der Waals surface area contributed by atoms with E-state index in [0.717, 1.165) is 32.7 Å². The SMILES string of the molecule is CC(C)NC(C#N)COCC1CCOCC1. The molecule has 1 N–H and O–H groups in total. The monoisotopic (exact) mass is 226 g/mol. The van der Waals surface area contributed by atoms with E-state index >= 15 is 0 Å². The van der Waals surface area contributed by atoms with Gasteiger partial charge in [0.15, 0.2) is 0 Å². The largest absolute Gasteiger partial charge is 0.381 e. The lowest BCUT2D eigenvalue weighted by Crippen LogP contribution is -2.37. The molecule has 0 bridgehead atoms. The number of nitrogens with zero attached hydrogens (tertiary/aromatic N) is 1. The van der Waals surface area contributed by atoms with Crippen molar-refractivity contribution in [3.8, 4) is 6.07 Å². The van der Waals surface area contributed by atoms with Gasteiger partial charge in [0.05, 0.1) is 12.7 Å². The van der Waals surface area contributed by atoms with Crippen molar-refractivity contribution in [2.75, 3.05) is 26.4 Å². The van der Waals surface area contributed by atoms with Gasteiger partial charge in [0, 0.05) is 25.9 Å². The maximum absolute atomic E-state index is 8.90. The molecule has 1 atom stereocenters. The molecule has 0 aliphatic carbocycles. The van der Waals surface area contributed by atoms with Crippen LogP contribution in [0.5, 0.6) is 0 Å². The minimum absolute atomic E-state index is 0.195. The van der Waals surface area contributed by atoms with Gasteiger partial charge in [-0.15, -0.1) is 0 Å². The van der Waals surface area contributed by atoms with Crippen LogP contribution in [0.2, 0.25) is 0 Å². The first-order valence-electron chi connectivity index (χ1n) is 6.03. The highest BCUT2D eigenvalue weighted by Crippen LogP contribution is 2.14. The molecule has 1 heterocycles. The van der Waals surface area contributed by atoms with Crippen LogP contribution in [0.1, 0.15) is 26.7 Å².